The summed E-state index contributed by atoms with van der Waals surface area (Å²) in [6, 6.07) is 7.59. The van der Waals surface area contributed by atoms with Crippen molar-refractivity contribution in [1.29, 1.82) is 0 Å². The number of benzene rings is 1. The SMILES string of the molecule is CC(=O)N1CCC(N2CCC[C@@H](CCc3ccc(F)cc3)C2)CC1. The Balaban J connectivity index is 1.46. The first-order chi connectivity index (χ1) is 11.6. The first-order valence-electron chi connectivity index (χ1n) is 9.36. The zero-order chi connectivity index (χ0) is 16.9. The Morgan fingerprint density at radius 2 is 1.83 bits per heavy atom. The minimum absolute atomic E-state index is 0.153. The van der Waals surface area contributed by atoms with Gasteiger partial charge in [-0.2, -0.15) is 0 Å². The van der Waals surface area contributed by atoms with Gasteiger partial charge in [-0.3, -0.25) is 9.69 Å². The summed E-state index contributed by atoms with van der Waals surface area (Å²) >= 11 is 0. The fourth-order valence-electron chi connectivity index (χ4n) is 4.23. The largest absolute Gasteiger partial charge is 0.343 e. The number of carbonyl (C=O) groups excluding carboxylic acids is 1. The third-order valence-electron chi connectivity index (χ3n) is 5.73. The van der Waals surface area contributed by atoms with E-state index in [0.29, 0.717) is 6.04 Å². The molecule has 1 aromatic carbocycles. The van der Waals surface area contributed by atoms with Gasteiger partial charge >= 0.3 is 0 Å². The van der Waals surface area contributed by atoms with Gasteiger partial charge in [0.1, 0.15) is 5.82 Å². The second kappa shape index (κ2) is 8.11. The highest BCUT2D eigenvalue weighted by Crippen LogP contribution is 2.26. The molecule has 1 aromatic rings. The maximum absolute atomic E-state index is 13.0. The molecule has 1 atom stereocenters. The lowest BCUT2D eigenvalue weighted by molar-refractivity contribution is -0.130. The Morgan fingerprint density at radius 3 is 2.50 bits per heavy atom. The van der Waals surface area contributed by atoms with E-state index in [-0.39, 0.29) is 11.7 Å². The van der Waals surface area contributed by atoms with Crippen LogP contribution in [0.2, 0.25) is 0 Å². The maximum atomic E-state index is 13.0. The molecule has 0 bridgehead atoms. The number of rotatable bonds is 4. The van der Waals surface area contributed by atoms with Crippen molar-refractivity contribution in [1.82, 2.24) is 9.80 Å². The fourth-order valence-corrected chi connectivity index (χ4v) is 4.23. The van der Waals surface area contributed by atoms with Crippen LogP contribution in [0.3, 0.4) is 0 Å². The number of hydrogen-bond acceptors (Lipinski definition) is 2. The molecule has 2 aliphatic rings. The molecule has 132 valence electrons. The number of halogens is 1. The van der Waals surface area contributed by atoms with Crippen LogP contribution in [0.25, 0.3) is 0 Å². The van der Waals surface area contributed by atoms with Crippen LogP contribution < -0.4 is 0 Å². The molecule has 1 amide bonds. The standard InChI is InChI=1S/C20H29FN2O/c1-16(24)22-13-10-20(11-14-22)23-12-2-3-18(15-23)5-4-17-6-8-19(21)9-7-17/h6-9,18,20H,2-5,10-15H2,1H3/t18-/m0/s1. The Kier molecular flexibility index (Phi) is 5.88. The molecule has 0 N–H and O–H groups in total. The lowest BCUT2D eigenvalue weighted by atomic mass is 9.89. The van der Waals surface area contributed by atoms with E-state index in [0.717, 1.165) is 38.3 Å². The van der Waals surface area contributed by atoms with Gasteiger partial charge < -0.3 is 4.90 Å². The predicted octanol–water partition coefficient (Wildman–Crippen LogP) is 3.48. The third kappa shape index (κ3) is 4.56. The monoisotopic (exact) mass is 332 g/mol. The van der Waals surface area contributed by atoms with Crippen molar-refractivity contribution in [2.75, 3.05) is 26.2 Å². The van der Waals surface area contributed by atoms with Crippen LogP contribution in [0.1, 0.15) is 44.6 Å². The lowest BCUT2D eigenvalue weighted by Crippen LogP contribution is -2.49. The number of hydrogen-bond donors (Lipinski definition) is 0. The minimum atomic E-state index is -0.153. The Morgan fingerprint density at radius 1 is 1.12 bits per heavy atom. The van der Waals surface area contributed by atoms with E-state index in [2.05, 4.69) is 4.90 Å². The smallest absolute Gasteiger partial charge is 0.219 e. The van der Waals surface area contributed by atoms with Gasteiger partial charge in [0, 0.05) is 32.6 Å². The van der Waals surface area contributed by atoms with E-state index in [1.54, 1.807) is 19.1 Å². The molecule has 2 heterocycles. The first kappa shape index (κ1) is 17.4. The Hall–Kier alpha value is -1.42. The van der Waals surface area contributed by atoms with Gasteiger partial charge in [-0.1, -0.05) is 12.1 Å². The zero-order valence-corrected chi connectivity index (χ0v) is 14.7. The Labute approximate surface area is 144 Å². The van der Waals surface area contributed by atoms with Crippen LogP contribution in [-0.4, -0.2) is 47.9 Å². The van der Waals surface area contributed by atoms with Gasteiger partial charge in [-0.05, 0) is 68.7 Å². The summed E-state index contributed by atoms with van der Waals surface area (Å²) in [5.41, 5.74) is 1.24. The van der Waals surface area contributed by atoms with Gasteiger partial charge in [-0.15, -0.1) is 0 Å². The molecule has 0 aromatic heterocycles. The number of aryl methyl sites for hydroxylation is 1. The quantitative estimate of drug-likeness (QED) is 0.843. The van der Waals surface area contributed by atoms with E-state index < -0.39 is 0 Å². The summed E-state index contributed by atoms with van der Waals surface area (Å²) in [6.07, 6.45) is 7.05. The molecule has 2 aliphatic heterocycles. The molecule has 2 saturated heterocycles. The summed E-state index contributed by atoms with van der Waals surface area (Å²) in [7, 11) is 0. The number of nitrogens with zero attached hydrogens (tertiary/aromatic N) is 2. The van der Waals surface area contributed by atoms with E-state index in [1.807, 2.05) is 17.0 Å². The lowest BCUT2D eigenvalue weighted by Gasteiger charge is -2.42. The van der Waals surface area contributed by atoms with Crippen LogP contribution in [-0.2, 0) is 11.2 Å². The highest BCUT2D eigenvalue weighted by atomic mass is 19.1. The van der Waals surface area contributed by atoms with Crippen LogP contribution in [0.5, 0.6) is 0 Å². The number of amides is 1. The maximum Gasteiger partial charge on any atom is 0.219 e. The normalized spacial score (nSPS) is 23.4. The van der Waals surface area contributed by atoms with Gasteiger partial charge in [-0.25, -0.2) is 4.39 Å². The fraction of sp³-hybridized carbons (Fsp3) is 0.650. The van der Waals surface area contributed by atoms with Crippen molar-refractivity contribution >= 4 is 5.91 Å². The summed E-state index contributed by atoms with van der Waals surface area (Å²) in [5.74, 6) is 0.804. The molecule has 0 saturated carbocycles. The van der Waals surface area contributed by atoms with Crippen molar-refractivity contribution < 1.29 is 9.18 Å². The third-order valence-corrected chi connectivity index (χ3v) is 5.73. The second-order valence-corrected chi connectivity index (χ2v) is 7.41. The molecule has 0 unspecified atom stereocenters. The molecule has 2 fully saturated rings. The van der Waals surface area contributed by atoms with Gasteiger partial charge in [0.25, 0.3) is 0 Å². The van der Waals surface area contributed by atoms with Crippen molar-refractivity contribution in [3.05, 3.63) is 35.6 Å². The van der Waals surface area contributed by atoms with E-state index >= 15 is 0 Å². The van der Waals surface area contributed by atoms with E-state index in [9.17, 15) is 9.18 Å². The van der Waals surface area contributed by atoms with Gasteiger partial charge in [0.2, 0.25) is 5.91 Å². The molecule has 0 radical (unpaired) electrons. The Bertz CT molecular complexity index is 537. The topological polar surface area (TPSA) is 23.6 Å². The van der Waals surface area contributed by atoms with E-state index in [4.69, 9.17) is 0 Å². The number of likely N-dealkylation sites (tertiary alicyclic amines) is 2. The highest BCUT2D eigenvalue weighted by Gasteiger charge is 2.29. The van der Waals surface area contributed by atoms with Gasteiger partial charge in [0.05, 0.1) is 0 Å². The average Bonchev–Trinajstić information content (AvgIpc) is 2.61. The summed E-state index contributed by atoms with van der Waals surface area (Å²) in [4.78, 5) is 16.1. The molecule has 24 heavy (non-hydrogen) atoms. The van der Waals surface area contributed by atoms with Gasteiger partial charge in [0.15, 0.2) is 0 Å². The van der Waals surface area contributed by atoms with E-state index in [1.165, 1.54) is 37.9 Å². The zero-order valence-electron chi connectivity index (χ0n) is 14.7. The average molecular weight is 332 g/mol. The molecule has 4 heteroatoms. The second-order valence-electron chi connectivity index (χ2n) is 7.41. The summed E-state index contributed by atoms with van der Waals surface area (Å²) < 4.78 is 13.0. The molecule has 0 aliphatic carbocycles. The van der Waals surface area contributed by atoms with Crippen LogP contribution >= 0.6 is 0 Å². The molecule has 0 spiro atoms. The number of piperidine rings is 2. The molecular weight excluding hydrogens is 303 g/mol. The summed E-state index contributed by atoms with van der Waals surface area (Å²) in [5, 5.41) is 0. The molecule has 3 rings (SSSR count). The highest BCUT2D eigenvalue weighted by molar-refractivity contribution is 5.73. The molecule has 3 nitrogen and oxygen atoms in total. The summed E-state index contributed by atoms with van der Waals surface area (Å²) in [6.45, 7) is 5.89. The van der Waals surface area contributed by atoms with Crippen LogP contribution in [0.4, 0.5) is 4.39 Å². The first-order valence-corrected chi connectivity index (χ1v) is 9.36. The van der Waals surface area contributed by atoms with Crippen molar-refractivity contribution in [3.8, 4) is 0 Å². The van der Waals surface area contributed by atoms with Crippen molar-refractivity contribution in [2.24, 2.45) is 5.92 Å². The van der Waals surface area contributed by atoms with Crippen molar-refractivity contribution in [2.45, 2.75) is 51.5 Å². The van der Waals surface area contributed by atoms with Crippen molar-refractivity contribution in [3.63, 3.8) is 0 Å². The van der Waals surface area contributed by atoms with Crippen LogP contribution in [0, 0.1) is 11.7 Å². The van der Waals surface area contributed by atoms with Crippen LogP contribution in [0.15, 0.2) is 24.3 Å². The molecular formula is C20H29FN2O. The number of carbonyl (C=O) groups is 1. The minimum Gasteiger partial charge on any atom is -0.343 e. The predicted molar refractivity (Wildman–Crippen MR) is 94.3 cm³/mol.